The van der Waals surface area contributed by atoms with Crippen LogP contribution in [-0.2, 0) is 4.74 Å². The molecule has 0 aliphatic rings. The summed E-state index contributed by atoms with van der Waals surface area (Å²) < 4.78 is 4.94. The van der Waals surface area contributed by atoms with Crippen molar-refractivity contribution in [3.63, 3.8) is 0 Å². The number of aromatic nitrogens is 1. The summed E-state index contributed by atoms with van der Waals surface area (Å²) in [5.41, 5.74) is 4.70. The number of benzene rings is 1. The van der Waals surface area contributed by atoms with E-state index in [-0.39, 0.29) is 5.91 Å². The van der Waals surface area contributed by atoms with E-state index in [1.807, 2.05) is 12.1 Å². The van der Waals surface area contributed by atoms with Crippen LogP contribution in [0.5, 0.6) is 0 Å². The molecule has 5 nitrogen and oxygen atoms in total. The molecule has 2 N–H and O–H groups in total. The number of carbonyl (C=O) groups is 1. The lowest BCUT2D eigenvalue weighted by molar-refractivity contribution is 0.0943. The molecule has 0 aliphatic heterocycles. The van der Waals surface area contributed by atoms with Gasteiger partial charge in [0.25, 0.3) is 5.91 Å². The Hall–Kier alpha value is -2.40. The zero-order valence-corrected chi connectivity index (χ0v) is 13.8. The van der Waals surface area contributed by atoms with E-state index in [1.165, 1.54) is 11.1 Å². The van der Waals surface area contributed by atoms with E-state index in [9.17, 15) is 4.79 Å². The largest absolute Gasteiger partial charge is 0.385 e. The first kappa shape index (κ1) is 17.0. The third kappa shape index (κ3) is 5.07. The zero-order valence-electron chi connectivity index (χ0n) is 13.8. The van der Waals surface area contributed by atoms with Gasteiger partial charge in [-0.3, -0.25) is 4.79 Å². The van der Waals surface area contributed by atoms with Gasteiger partial charge in [0.2, 0.25) is 0 Å². The Morgan fingerprint density at radius 1 is 1.22 bits per heavy atom. The molecule has 2 rings (SSSR count). The lowest BCUT2D eigenvalue weighted by Crippen LogP contribution is -2.26. The van der Waals surface area contributed by atoms with Gasteiger partial charge < -0.3 is 15.4 Å². The molecule has 122 valence electrons. The highest BCUT2D eigenvalue weighted by Crippen LogP contribution is 2.21. The summed E-state index contributed by atoms with van der Waals surface area (Å²) in [5, 5.41) is 6.13. The first-order chi connectivity index (χ1) is 11.1. The minimum atomic E-state index is -0.167. The van der Waals surface area contributed by atoms with Crippen LogP contribution in [-0.4, -0.2) is 31.2 Å². The number of nitrogens with zero attached hydrogens (tertiary/aromatic N) is 1. The highest BCUT2D eigenvalue weighted by atomic mass is 16.5. The number of ether oxygens (including phenoxy) is 1. The molecule has 0 fully saturated rings. The molecule has 2 aromatic rings. The standard InChI is InChI=1S/C18H23N3O2/c1-13-5-7-16(14(2)11-13)21-15-6-8-17(20-12-15)18(22)19-9-4-10-23-3/h5-8,11-12,21H,4,9-10H2,1-3H3,(H,19,22). The van der Waals surface area contributed by atoms with Crippen molar-refractivity contribution in [2.45, 2.75) is 20.3 Å². The molecule has 1 aromatic carbocycles. The second kappa shape index (κ2) is 8.29. The van der Waals surface area contributed by atoms with E-state index >= 15 is 0 Å². The highest BCUT2D eigenvalue weighted by Gasteiger charge is 2.07. The summed E-state index contributed by atoms with van der Waals surface area (Å²) in [4.78, 5) is 16.1. The summed E-state index contributed by atoms with van der Waals surface area (Å²) in [6, 6.07) is 9.80. The van der Waals surface area contributed by atoms with Crippen LogP contribution in [0.3, 0.4) is 0 Å². The summed E-state index contributed by atoms with van der Waals surface area (Å²) >= 11 is 0. The summed E-state index contributed by atoms with van der Waals surface area (Å²) in [5.74, 6) is -0.167. The van der Waals surface area contributed by atoms with Crippen molar-refractivity contribution in [1.29, 1.82) is 0 Å². The van der Waals surface area contributed by atoms with E-state index in [0.29, 0.717) is 18.8 Å². The maximum atomic E-state index is 11.9. The lowest BCUT2D eigenvalue weighted by atomic mass is 10.1. The third-order valence-electron chi connectivity index (χ3n) is 3.47. The minimum absolute atomic E-state index is 0.167. The highest BCUT2D eigenvalue weighted by molar-refractivity contribution is 5.92. The smallest absolute Gasteiger partial charge is 0.269 e. The van der Waals surface area contributed by atoms with Crippen molar-refractivity contribution in [3.05, 3.63) is 53.3 Å². The summed E-state index contributed by atoms with van der Waals surface area (Å²) in [6.45, 7) is 5.34. The molecule has 0 saturated carbocycles. The molecular formula is C18H23N3O2. The van der Waals surface area contributed by atoms with Crippen molar-refractivity contribution in [3.8, 4) is 0 Å². The molecule has 0 aliphatic carbocycles. The van der Waals surface area contributed by atoms with Crippen molar-refractivity contribution >= 4 is 17.3 Å². The normalized spacial score (nSPS) is 10.4. The maximum absolute atomic E-state index is 11.9. The third-order valence-corrected chi connectivity index (χ3v) is 3.47. The van der Waals surface area contributed by atoms with E-state index < -0.39 is 0 Å². The molecule has 0 spiro atoms. The first-order valence-corrected chi connectivity index (χ1v) is 7.67. The van der Waals surface area contributed by atoms with Gasteiger partial charge in [-0.15, -0.1) is 0 Å². The topological polar surface area (TPSA) is 63.2 Å². The van der Waals surface area contributed by atoms with Crippen LogP contribution in [0.25, 0.3) is 0 Å². The molecule has 0 unspecified atom stereocenters. The molecule has 0 atom stereocenters. The Balaban J connectivity index is 1.95. The number of hydrogen-bond donors (Lipinski definition) is 2. The van der Waals surface area contributed by atoms with Crippen LogP contribution in [0.2, 0.25) is 0 Å². The second-order valence-corrected chi connectivity index (χ2v) is 5.48. The first-order valence-electron chi connectivity index (χ1n) is 7.67. The Morgan fingerprint density at radius 3 is 2.70 bits per heavy atom. The average Bonchev–Trinajstić information content (AvgIpc) is 2.55. The number of pyridine rings is 1. The molecule has 1 aromatic heterocycles. The van der Waals surface area contributed by atoms with Crippen LogP contribution in [0.1, 0.15) is 28.0 Å². The van der Waals surface area contributed by atoms with Crippen LogP contribution in [0, 0.1) is 13.8 Å². The minimum Gasteiger partial charge on any atom is -0.385 e. The second-order valence-electron chi connectivity index (χ2n) is 5.48. The van der Waals surface area contributed by atoms with Gasteiger partial charge in [0.05, 0.1) is 11.9 Å². The number of rotatable bonds is 7. The van der Waals surface area contributed by atoms with Gasteiger partial charge in [-0.25, -0.2) is 4.98 Å². The van der Waals surface area contributed by atoms with Gasteiger partial charge >= 0.3 is 0 Å². The van der Waals surface area contributed by atoms with Gasteiger partial charge in [-0.05, 0) is 44.0 Å². The van der Waals surface area contributed by atoms with Gasteiger partial charge in [0.15, 0.2) is 0 Å². The van der Waals surface area contributed by atoms with E-state index in [4.69, 9.17) is 4.74 Å². The van der Waals surface area contributed by atoms with Gasteiger partial charge in [-0.2, -0.15) is 0 Å². The van der Waals surface area contributed by atoms with Crippen molar-refractivity contribution < 1.29 is 9.53 Å². The van der Waals surface area contributed by atoms with Crippen LogP contribution < -0.4 is 10.6 Å². The van der Waals surface area contributed by atoms with Crippen molar-refractivity contribution in [1.82, 2.24) is 10.3 Å². The number of anilines is 2. The predicted molar refractivity (Wildman–Crippen MR) is 92.3 cm³/mol. The van der Waals surface area contributed by atoms with Gasteiger partial charge in [0, 0.05) is 25.9 Å². The van der Waals surface area contributed by atoms with E-state index in [2.05, 4.69) is 41.6 Å². The van der Waals surface area contributed by atoms with Gasteiger partial charge in [-0.1, -0.05) is 17.7 Å². The maximum Gasteiger partial charge on any atom is 0.269 e. The molecule has 0 radical (unpaired) electrons. The molecule has 1 amide bonds. The predicted octanol–water partition coefficient (Wildman–Crippen LogP) is 3.21. The van der Waals surface area contributed by atoms with E-state index in [0.717, 1.165) is 17.8 Å². The molecule has 23 heavy (non-hydrogen) atoms. The Labute approximate surface area is 137 Å². The SMILES string of the molecule is COCCCNC(=O)c1ccc(Nc2ccc(C)cc2C)cn1. The average molecular weight is 313 g/mol. The molecule has 0 bridgehead atoms. The fourth-order valence-electron chi connectivity index (χ4n) is 2.22. The van der Waals surface area contributed by atoms with Crippen LogP contribution in [0.4, 0.5) is 11.4 Å². The number of amides is 1. The summed E-state index contributed by atoms with van der Waals surface area (Å²) in [7, 11) is 1.64. The lowest BCUT2D eigenvalue weighted by Gasteiger charge is -2.10. The van der Waals surface area contributed by atoms with E-state index in [1.54, 1.807) is 19.4 Å². The van der Waals surface area contributed by atoms with Crippen molar-refractivity contribution in [2.24, 2.45) is 0 Å². The monoisotopic (exact) mass is 313 g/mol. The molecule has 1 heterocycles. The number of aryl methyl sites for hydroxylation is 2. The zero-order chi connectivity index (χ0) is 16.7. The summed E-state index contributed by atoms with van der Waals surface area (Å²) in [6.07, 6.45) is 2.46. The molecular weight excluding hydrogens is 290 g/mol. The molecule has 5 heteroatoms. The number of carbonyl (C=O) groups excluding carboxylic acids is 1. The fourth-order valence-corrected chi connectivity index (χ4v) is 2.22. The van der Waals surface area contributed by atoms with Crippen LogP contribution >= 0.6 is 0 Å². The van der Waals surface area contributed by atoms with Crippen LogP contribution in [0.15, 0.2) is 36.5 Å². The Kier molecular flexibility index (Phi) is 6.11. The molecule has 0 saturated heterocycles. The number of methoxy groups -OCH3 is 1. The van der Waals surface area contributed by atoms with Gasteiger partial charge in [0.1, 0.15) is 5.69 Å². The quantitative estimate of drug-likeness (QED) is 0.771. The number of nitrogens with one attached hydrogen (secondary N) is 2. The number of hydrogen-bond acceptors (Lipinski definition) is 4. The van der Waals surface area contributed by atoms with Crippen molar-refractivity contribution in [2.75, 3.05) is 25.6 Å². The Morgan fingerprint density at radius 2 is 2.04 bits per heavy atom. The fraction of sp³-hybridized carbons (Fsp3) is 0.333. The Bertz CT molecular complexity index is 654.